The predicted molar refractivity (Wildman–Crippen MR) is 102 cm³/mol. The molecule has 3 heterocycles. The van der Waals surface area contributed by atoms with Gasteiger partial charge in [0.1, 0.15) is 0 Å². The van der Waals surface area contributed by atoms with Gasteiger partial charge in [0.05, 0.1) is 24.6 Å². The second-order valence-electron chi connectivity index (χ2n) is 8.31. The molecule has 3 N–H and O–H groups in total. The van der Waals surface area contributed by atoms with Gasteiger partial charge in [-0.05, 0) is 46.5 Å². The van der Waals surface area contributed by atoms with Crippen molar-refractivity contribution in [3.63, 3.8) is 0 Å². The topological polar surface area (TPSA) is 109 Å². The standard InChI is InChI=1S/C18H27N5O.CH2O2/c1-17(2)8-13(9-18(3,4)22-17)7-16(24)21-11-14-10-20-15-12-19-5-6-23(14)15;2-1-3/h5-6,10,12-13,22H,7-9,11H2,1-4H3,(H,21,24);1H,(H,2,3). The van der Waals surface area contributed by atoms with Gasteiger partial charge in [-0.15, -0.1) is 0 Å². The Morgan fingerprint density at radius 1 is 1.33 bits per heavy atom. The number of carbonyl (C=O) groups is 2. The highest BCUT2D eigenvalue weighted by Gasteiger charge is 2.38. The first-order valence-electron chi connectivity index (χ1n) is 9.05. The van der Waals surface area contributed by atoms with Crippen molar-refractivity contribution >= 4 is 18.0 Å². The molecule has 8 heteroatoms. The van der Waals surface area contributed by atoms with E-state index in [-0.39, 0.29) is 23.5 Å². The first-order valence-corrected chi connectivity index (χ1v) is 9.05. The smallest absolute Gasteiger partial charge is 0.290 e. The summed E-state index contributed by atoms with van der Waals surface area (Å²) in [5.41, 5.74) is 1.90. The van der Waals surface area contributed by atoms with Crippen molar-refractivity contribution in [3.8, 4) is 0 Å². The van der Waals surface area contributed by atoms with Gasteiger partial charge in [0, 0.05) is 29.9 Å². The normalized spacial score (nSPS) is 18.4. The van der Waals surface area contributed by atoms with E-state index in [9.17, 15) is 4.79 Å². The molecular weight excluding hydrogens is 346 g/mol. The average molecular weight is 375 g/mol. The van der Waals surface area contributed by atoms with Crippen molar-refractivity contribution in [3.05, 3.63) is 30.5 Å². The maximum atomic E-state index is 12.4. The number of hydrogen-bond donors (Lipinski definition) is 3. The third-order valence-corrected chi connectivity index (χ3v) is 4.61. The van der Waals surface area contributed by atoms with Gasteiger partial charge >= 0.3 is 0 Å². The number of carbonyl (C=O) groups excluding carboxylic acids is 1. The molecule has 8 nitrogen and oxygen atoms in total. The van der Waals surface area contributed by atoms with E-state index in [0.29, 0.717) is 18.9 Å². The molecule has 1 aliphatic heterocycles. The van der Waals surface area contributed by atoms with E-state index < -0.39 is 0 Å². The molecule has 0 radical (unpaired) electrons. The zero-order chi connectivity index (χ0) is 20.1. The molecule has 1 saturated heterocycles. The van der Waals surface area contributed by atoms with E-state index in [2.05, 4.69) is 48.3 Å². The molecule has 3 rings (SSSR count). The number of rotatable bonds is 4. The van der Waals surface area contributed by atoms with Crippen LogP contribution in [0.5, 0.6) is 0 Å². The van der Waals surface area contributed by atoms with Crippen molar-refractivity contribution in [1.82, 2.24) is 25.0 Å². The molecule has 0 saturated carbocycles. The lowest BCUT2D eigenvalue weighted by Gasteiger charge is -2.46. The third-order valence-electron chi connectivity index (χ3n) is 4.61. The minimum Gasteiger partial charge on any atom is -0.483 e. The summed E-state index contributed by atoms with van der Waals surface area (Å²) in [5.74, 6) is 0.514. The first kappa shape index (κ1) is 20.8. The van der Waals surface area contributed by atoms with Crippen LogP contribution in [0.25, 0.3) is 5.65 Å². The van der Waals surface area contributed by atoms with E-state index >= 15 is 0 Å². The fourth-order valence-corrected chi connectivity index (χ4v) is 4.23. The van der Waals surface area contributed by atoms with Crippen LogP contribution in [0.4, 0.5) is 0 Å². The van der Waals surface area contributed by atoms with Crippen LogP contribution in [0.3, 0.4) is 0 Å². The Kier molecular flexibility index (Phi) is 6.54. The van der Waals surface area contributed by atoms with Crippen molar-refractivity contribution in [2.45, 2.75) is 64.6 Å². The summed E-state index contributed by atoms with van der Waals surface area (Å²) in [6, 6.07) is 0. The summed E-state index contributed by atoms with van der Waals surface area (Å²) in [6.45, 7) is 9.09. The quantitative estimate of drug-likeness (QED) is 0.705. The van der Waals surface area contributed by atoms with E-state index in [1.165, 1.54) is 0 Å². The Morgan fingerprint density at radius 3 is 2.59 bits per heavy atom. The fourth-order valence-electron chi connectivity index (χ4n) is 4.23. The number of piperidine rings is 1. The molecule has 2 aromatic rings. The number of amides is 1. The summed E-state index contributed by atoms with van der Waals surface area (Å²) in [5, 5.41) is 13.6. The van der Waals surface area contributed by atoms with Gasteiger partial charge in [-0.1, -0.05) is 0 Å². The van der Waals surface area contributed by atoms with Gasteiger partial charge in [-0.25, -0.2) is 4.98 Å². The maximum absolute atomic E-state index is 12.4. The van der Waals surface area contributed by atoms with Gasteiger partial charge in [0.2, 0.25) is 5.91 Å². The van der Waals surface area contributed by atoms with Crippen LogP contribution in [0.1, 0.15) is 52.7 Å². The minimum absolute atomic E-state index is 0.0708. The number of carboxylic acid groups (broad SMARTS) is 1. The van der Waals surface area contributed by atoms with Gasteiger partial charge in [0.25, 0.3) is 6.47 Å². The molecule has 0 bridgehead atoms. The largest absolute Gasteiger partial charge is 0.483 e. The second-order valence-corrected chi connectivity index (χ2v) is 8.31. The van der Waals surface area contributed by atoms with E-state index in [4.69, 9.17) is 9.90 Å². The van der Waals surface area contributed by atoms with Crippen molar-refractivity contribution in [1.29, 1.82) is 0 Å². The van der Waals surface area contributed by atoms with Gasteiger partial charge in [0.15, 0.2) is 5.65 Å². The molecule has 0 atom stereocenters. The SMILES string of the molecule is CC1(C)CC(CC(=O)NCc2cnc3cnccn23)CC(C)(C)N1.O=CO. The fraction of sp³-hybridized carbons (Fsp3) is 0.579. The number of aromatic nitrogens is 3. The first-order chi connectivity index (χ1) is 12.7. The van der Waals surface area contributed by atoms with Crippen LogP contribution >= 0.6 is 0 Å². The molecule has 1 amide bonds. The Balaban J connectivity index is 0.000000817. The molecular formula is C19H29N5O3. The predicted octanol–water partition coefficient (Wildman–Crippen LogP) is 1.99. The van der Waals surface area contributed by atoms with E-state index in [1.807, 2.05) is 10.6 Å². The lowest BCUT2D eigenvalue weighted by atomic mass is 9.74. The molecule has 0 unspecified atom stereocenters. The monoisotopic (exact) mass is 375 g/mol. The Hall–Kier alpha value is -2.48. The van der Waals surface area contributed by atoms with E-state index in [0.717, 1.165) is 24.2 Å². The van der Waals surface area contributed by atoms with Gasteiger partial charge < -0.3 is 15.7 Å². The summed E-state index contributed by atoms with van der Waals surface area (Å²) in [6.07, 6.45) is 9.70. The summed E-state index contributed by atoms with van der Waals surface area (Å²) >= 11 is 0. The Morgan fingerprint density at radius 2 is 1.96 bits per heavy atom. The van der Waals surface area contributed by atoms with Crippen molar-refractivity contribution < 1.29 is 14.7 Å². The third kappa shape index (κ3) is 6.02. The number of nitrogens with one attached hydrogen (secondary N) is 2. The highest BCUT2D eigenvalue weighted by Crippen LogP contribution is 2.34. The lowest BCUT2D eigenvalue weighted by Crippen LogP contribution is -2.58. The van der Waals surface area contributed by atoms with Crippen molar-refractivity contribution in [2.75, 3.05) is 0 Å². The summed E-state index contributed by atoms with van der Waals surface area (Å²) < 4.78 is 1.95. The van der Waals surface area contributed by atoms with Crippen LogP contribution in [0.15, 0.2) is 24.8 Å². The zero-order valence-electron chi connectivity index (χ0n) is 16.4. The number of fused-ring (bicyclic) bond motifs is 1. The van der Waals surface area contributed by atoms with Crippen LogP contribution < -0.4 is 10.6 Å². The average Bonchev–Trinajstić information content (AvgIpc) is 2.94. The molecule has 27 heavy (non-hydrogen) atoms. The Labute approximate surface area is 159 Å². The number of hydrogen-bond acceptors (Lipinski definition) is 5. The Bertz CT molecular complexity index is 768. The highest BCUT2D eigenvalue weighted by atomic mass is 16.3. The highest BCUT2D eigenvalue weighted by molar-refractivity contribution is 5.76. The zero-order valence-corrected chi connectivity index (χ0v) is 16.4. The summed E-state index contributed by atoms with van der Waals surface area (Å²) in [4.78, 5) is 29.1. The van der Waals surface area contributed by atoms with E-state index in [1.54, 1.807) is 18.6 Å². The van der Waals surface area contributed by atoms with Gasteiger partial charge in [-0.2, -0.15) is 0 Å². The molecule has 2 aromatic heterocycles. The molecule has 1 aliphatic rings. The molecule has 0 aliphatic carbocycles. The minimum atomic E-state index is -0.250. The van der Waals surface area contributed by atoms with Crippen LogP contribution in [0, 0.1) is 5.92 Å². The van der Waals surface area contributed by atoms with Crippen LogP contribution in [-0.2, 0) is 16.1 Å². The maximum Gasteiger partial charge on any atom is 0.290 e. The lowest BCUT2D eigenvalue weighted by molar-refractivity contribution is -0.123. The van der Waals surface area contributed by atoms with Crippen LogP contribution in [0.2, 0.25) is 0 Å². The summed E-state index contributed by atoms with van der Waals surface area (Å²) in [7, 11) is 0. The number of nitrogens with zero attached hydrogens (tertiary/aromatic N) is 3. The second kappa shape index (κ2) is 8.47. The molecule has 0 spiro atoms. The van der Waals surface area contributed by atoms with Crippen LogP contribution in [-0.4, -0.2) is 42.9 Å². The molecule has 1 fully saturated rings. The molecule has 148 valence electrons. The molecule has 0 aromatic carbocycles. The number of imidazole rings is 1. The van der Waals surface area contributed by atoms with Gasteiger partial charge in [-0.3, -0.25) is 19.0 Å². The van der Waals surface area contributed by atoms with Crippen molar-refractivity contribution in [2.24, 2.45) is 5.92 Å².